The summed E-state index contributed by atoms with van der Waals surface area (Å²) in [6, 6.07) is 62.6. The topological polar surface area (TPSA) is 29.5 Å². The summed E-state index contributed by atoms with van der Waals surface area (Å²) in [7, 11) is 0. The highest BCUT2D eigenvalue weighted by Crippen LogP contribution is 2.46. The smallest absolute Gasteiger partial charge is 0.143 e. The number of thiophene rings is 1. The van der Waals surface area contributed by atoms with E-state index in [1.165, 1.54) is 20.2 Å². The van der Waals surface area contributed by atoms with Crippen LogP contribution in [-0.2, 0) is 0 Å². The molecule has 0 saturated heterocycles. The molecule has 3 nitrogen and oxygen atoms in total. The number of para-hydroxylation sites is 3. The third-order valence-corrected chi connectivity index (χ3v) is 11.4. The third kappa shape index (κ3) is 4.51. The van der Waals surface area contributed by atoms with Gasteiger partial charge in [-0.1, -0.05) is 109 Å². The number of benzene rings is 8. The van der Waals surface area contributed by atoms with Gasteiger partial charge in [-0.3, -0.25) is 0 Å². The lowest BCUT2D eigenvalue weighted by molar-refractivity contribution is 0.669. The average Bonchev–Trinajstić information content (AvgIpc) is 3.90. The zero-order valence-electron chi connectivity index (χ0n) is 27.9. The largest absolute Gasteiger partial charge is 0.456 e. The molecule has 0 saturated carbocycles. The lowest BCUT2D eigenvalue weighted by atomic mass is 10.0. The second kappa shape index (κ2) is 11.5. The van der Waals surface area contributed by atoms with Crippen LogP contribution >= 0.6 is 11.3 Å². The van der Waals surface area contributed by atoms with E-state index in [1.807, 2.05) is 35.6 Å². The molecule has 244 valence electrons. The molecule has 0 radical (unpaired) electrons. The number of furan rings is 2. The summed E-state index contributed by atoms with van der Waals surface area (Å²) in [5, 5.41) is 7.08. The summed E-state index contributed by atoms with van der Waals surface area (Å²) in [5.74, 6) is 0. The minimum atomic E-state index is 0.906. The Morgan fingerprint density at radius 1 is 0.385 bits per heavy atom. The van der Waals surface area contributed by atoms with Gasteiger partial charge in [0.15, 0.2) is 0 Å². The van der Waals surface area contributed by atoms with Crippen LogP contribution in [0.2, 0.25) is 0 Å². The summed E-state index contributed by atoms with van der Waals surface area (Å²) in [6.07, 6.45) is 0. The monoisotopic (exact) mass is 683 g/mol. The first-order valence-electron chi connectivity index (χ1n) is 17.5. The molecular formula is C48H29NO2S. The SMILES string of the molecule is c1ccc2c(c1)oc1ccc(-c3ccc(N(c4ccc(-c5cccc6c5oc5ccccc56)cc4)c4cccc5sc6ccccc6c45)cc3)cc12. The van der Waals surface area contributed by atoms with Crippen molar-refractivity contribution in [3.05, 3.63) is 176 Å². The van der Waals surface area contributed by atoms with E-state index in [2.05, 4.69) is 157 Å². The quantitative estimate of drug-likeness (QED) is 0.181. The molecule has 3 heterocycles. The van der Waals surface area contributed by atoms with E-state index in [4.69, 9.17) is 8.83 Å². The fraction of sp³-hybridized carbons (Fsp3) is 0. The van der Waals surface area contributed by atoms with Crippen molar-refractivity contribution in [1.82, 2.24) is 0 Å². The number of hydrogen-bond acceptors (Lipinski definition) is 4. The van der Waals surface area contributed by atoms with Crippen molar-refractivity contribution in [2.24, 2.45) is 0 Å². The van der Waals surface area contributed by atoms with Crippen molar-refractivity contribution >= 4 is 92.4 Å². The molecule has 8 aromatic carbocycles. The van der Waals surface area contributed by atoms with Crippen LogP contribution in [0, 0.1) is 0 Å². The van der Waals surface area contributed by atoms with E-state index < -0.39 is 0 Å². The fourth-order valence-electron chi connectivity index (χ4n) is 7.84. The van der Waals surface area contributed by atoms with E-state index in [-0.39, 0.29) is 0 Å². The normalized spacial score (nSPS) is 11.8. The van der Waals surface area contributed by atoms with Crippen LogP contribution in [0.25, 0.3) is 86.3 Å². The number of rotatable bonds is 5. The van der Waals surface area contributed by atoms with Crippen LogP contribution in [0.3, 0.4) is 0 Å². The van der Waals surface area contributed by atoms with Gasteiger partial charge in [0.2, 0.25) is 0 Å². The minimum absolute atomic E-state index is 0.906. The van der Waals surface area contributed by atoms with E-state index in [9.17, 15) is 0 Å². The molecule has 0 amide bonds. The molecule has 52 heavy (non-hydrogen) atoms. The molecule has 11 rings (SSSR count). The van der Waals surface area contributed by atoms with Gasteiger partial charge >= 0.3 is 0 Å². The molecule has 0 aliphatic carbocycles. The van der Waals surface area contributed by atoms with E-state index in [0.717, 1.165) is 83.2 Å². The van der Waals surface area contributed by atoms with Gasteiger partial charge in [0.25, 0.3) is 0 Å². The molecule has 0 aliphatic heterocycles. The highest BCUT2D eigenvalue weighted by atomic mass is 32.1. The van der Waals surface area contributed by atoms with Crippen molar-refractivity contribution in [3.8, 4) is 22.3 Å². The van der Waals surface area contributed by atoms with Crippen molar-refractivity contribution in [2.45, 2.75) is 0 Å². The second-order valence-corrected chi connectivity index (χ2v) is 14.4. The van der Waals surface area contributed by atoms with E-state index >= 15 is 0 Å². The van der Waals surface area contributed by atoms with Crippen LogP contribution in [0.4, 0.5) is 17.1 Å². The highest BCUT2D eigenvalue weighted by molar-refractivity contribution is 7.26. The van der Waals surface area contributed by atoms with Crippen molar-refractivity contribution < 1.29 is 8.83 Å². The summed E-state index contributed by atoms with van der Waals surface area (Å²) in [4.78, 5) is 2.39. The maximum Gasteiger partial charge on any atom is 0.143 e. The highest BCUT2D eigenvalue weighted by Gasteiger charge is 2.20. The predicted octanol–water partition coefficient (Wildman–Crippen LogP) is 14.7. The zero-order valence-corrected chi connectivity index (χ0v) is 28.7. The number of hydrogen-bond donors (Lipinski definition) is 0. The Balaban J connectivity index is 1.05. The van der Waals surface area contributed by atoms with Crippen LogP contribution in [0.1, 0.15) is 0 Å². The maximum absolute atomic E-state index is 6.41. The van der Waals surface area contributed by atoms with Gasteiger partial charge in [-0.2, -0.15) is 0 Å². The molecule has 0 unspecified atom stereocenters. The van der Waals surface area contributed by atoms with Crippen LogP contribution in [0.5, 0.6) is 0 Å². The number of fused-ring (bicyclic) bond motifs is 9. The van der Waals surface area contributed by atoms with Gasteiger partial charge in [-0.05, 0) is 83.4 Å². The van der Waals surface area contributed by atoms with Gasteiger partial charge in [0.1, 0.15) is 22.3 Å². The maximum atomic E-state index is 6.41. The standard InChI is InChI=1S/C48H29NO2S/c1-5-16-43-36(9-1)38-13-7-12-35(48(38)51-43)31-21-26-34(27-22-31)49(41-14-8-18-46-47(41)39-11-3-6-17-45(39)52-46)33-24-19-30(20-25-33)32-23-28-44-40(29-32)37-10-2-4-15-42(37)50-44/h1-29H. The summed E-state index contributed by atoms with van der Waals surface area (Å²) < 4.78 is 15.1. The molecule has 0 N–H and O–H groups in total. The number of anilines is 3. The van der Waals surface area contributed by atoms with E-state index in [1.54, 1.807) is 0 Å². The Bertz CT molecular complexity index is 3130. The molecule has 3 aromatic heterocycles. The van der Waals surface area contributed by atoms with E-state index in [0.29, 0.717) is 0 Å². The molecule has 0 fully saturated rings. The van der Waals surface area contributed by atoms with Gasteiger partial charge in [-0.25, -0.2) is 0 Å². The van der Waals surface area contributed by atoms with Gasteiger partial charge < -0.3 is 13.7 Å². The zero-order chi connectivity index (χ0) is 34.2. The van der Waals surface area contributed by atoms with Crippen LogP contribution < -0.4 is 4.90 Å². The Labute approximate surface area is 303 Å². The molecule has 4 heteroatoms. The molecular weight excluding hydrogens is 655 g/mol. The van der Waals surface area contributed by atoms with Crippen molar-refractivity contribution in [3.63, 3.8) is 0 Å². The molecule has 0 atom stereocenters. The third-order valence-electron chi connectivity index (χ3n) is 10.3. The second-order valence-electron chi connectivity index (χ2n) is 13.3. The Hall–Kier alpha value is -6.62. The predicted molar refractivity (Wildman–Crippen MR) is 219 cm³/mol. The van der Waals surface area contributed by atoms with Crippen molar-refractivity contribution in [1.29, 1.82) is 0 Å². The first kappa shape index (κ1) is 29.1. The fourth-order valence-corrected chi connectivity index (χ4v) is 8.97. The van der Waals surface area contributed by atoms with Crippen molar-refractivity contribution in [2.75, 3.05) is 4.90 Å². The molecule has 0 spiro atoms. The van der Waals surface area contributed by atoms with Crippen LogP contribution in [0.15, 0.2) is 185 Å². The first-order valence-corrected chi connectivity index (χ1v) is 18.3. The minimum Gasteiger partial charge on any atom is -0.456 e. The summed E-state index contributed by atoms with van der Waals surface area (Å²) in [6.45, 7) is 0. The van der Waals surface area contributed by atoms with Gasteiger partial charge in [0, 0.05) is 58.7 Å². The Morgan fingerprint density at radius 3 is 1.75 bits per heavy atom. The molecule has 11 aromatic rings. The average molecular weight is 684 g/mol. The number of nitrogens with zero attached hydrogens (tertiary/aromatic N) is 1. The van der Waals surface area contributed by atoms with Crippen LogP contribution in [-0.4, -0.2) is 0 Å². The summed E-state index contributed by atoms with van der Waals surface area (Å²) in [5.41, 5.74) is 11.5. The first-order chi connectivity index (χ1) is 25.8. The molecule has 0 bridgehead atoms. The Kier molecular flexibility index (Phi) is 6.42. The van der Waals surface area contributed by atoms with Gasteiger partial charge in [0.05, 0.1) is 5.69 Å². The lowest BCUT2D eigenvalue weighted by Crippen LogP contribution is -2.10. The van der Waals surface area contributed by atoms with Gasteiger partial charge in [-0.15, -0.1) is 11.3 Å². The molecule has 0 aliphatic rings. The Morgan fingerprint density at radius 2 is 0.962 bits per heavy atom. The lowest BCUT2D eigenvalue weighted by Gasteiger charge is -2.27. The summed E-state index contributed by atoms with van der Waals surface area (Å²) >= 11 is 1.84.